The molecule has 0 spiro atoms. The van der Waals surface area contributed by atoms with Crippen molar-refractivity contribution in [2.45, 2.75) is 0 Å². The zero-order valence-electron chi connectivity index (χ0n) is 11.5. The van der Waals surface area contributed by atoms with Crippen LogP contribution in [0.4, 0.5) is 0 Å². The summed E-state index contributed by atoms with van der Waals surface area (Å²) in [6, 6.07) is 20.3. The number of hydrogen-bond acceptors (Lipinski definition) is 2. The van der Waals surface area contributed by atoms with Gasteiger partial charge in [-0.05, 0) is 48.5 Å². The molecule has 4 heteroatoms. The Bertz CT molecular complexity index is 1010. The van der Waals surface area contributed by atoms with Crippen LogP contribution in [0.1, 0.15) is 0 Å². The highest BCUT2D eigenvalue weighted by Gasteiger charge is 2.13. The highest BCUT2D eigenvalue weighted by Crippen LogP contribution is 2.28. The molecule has 2 aromatic carbocycles. The Morgan fingerprint density at radius 3 is 2.50 bits per heavy atom. The fourth-order valence-corrected chi connectivity index (χ4v) is 2.78. The van der Waals surface area contributed by atoms with E-state index in [1.54, 1.807) is 12.1 Å². The molecule has 0 saturated heterocycles. The molecule has 4 rings (SSSR count). The number of aromatic nitrogens is 2. The highest BCUT2D eigenvalue weighted by molar-refractivity contribution is 6.30. The minimum Gasteiger partial charge on any atom is -0.306 e. The highest BCUT2D eigenvalue weighted by atomic mass is 35.5. The van der Waals surface area contributed by atoms with Crippen LogP contribution in [0.3, 0.4) is 0 Å². The van der Waals surface area contributed by atoms with E-state index in [-0.39, 0.29) is 5.43 Å². The van der Waals surface area contributed by atoms with Crippen LogP contribution in [-0.2, 0) is 0 Å². The fourth-order valence-electron chi connectivity index (χ4n) is 2.65. The summed E-state index contributed by atoms with van der Waals surface area (Å²) in [5.41, 5.74) is 4.30. The third-order valence-corrected chi connectivity index (χ3v) is 3.89. The molecule has 2 aromatic rings. The van der Waals surface area contributed by atoms with Crippen molar-refractivity contribution >= 4 is 22.6 Å². The lowest BCUT2D eigenvalue weighted by Gasteiger charge is -2.18. The molecule has 2 aliphatic rings. The number of hydrogen-bond donors (Lipinski definition) is 0. The third-order valence-electron chi connectivity index (χ3n) is 3.64. The van der Waals surface area contributed by atoms with Gasteiger partial charge < -0.3 is 4.57 Å². The molecule has 0 N–H and O–H groups in total. The van der Waals surface area contributed by atoms with E-state index in [1.165, 1.54) is 6.07 Å². The summed E-state index contributed by atoms with van der Waals surface area (Å²) in [7, 11) is 0. The maximum absolute atomic E-state index is 11.8. The summed E-state index contributed by atoms with van der Waals surface area (Å²) >= 11 is 5.99. The summed E-state index contributed by atoms with van der Waals surface area (Å²) in [5, 5.41) is 0.677. The topological polar surface area (TPSA) is 34.9 Å². The number of nitrogens with zero attached hydrogens (tertiary/aromatic N) is 2. The Balaban J connectivity index is 2.19. The van der Waals surface area contributed by atoms with E-state index in [0.717, 1.165) is 28.1 Å². The van der Waals surface area contributed by atoms with Gasteiger partial charge in [0, 0.05) is 16.8 Å². The molecule has 3 nitrogen and oxygen atoms in total. The summed E-state index contributed by atoms with van der Waals surface area (Å²) in [5.74, 6) is 0. The number of benzene rings is 3. The second kappa shape index (κ2) is 4.97. The molecule has 1 aliphatic heterocycles. The molecule has 0 bridgehead atoms. The molecule has 0 atom stereocenters. The molecule has 0 unspecified atom stereocenters. The number of halogens is 1. The monoisotopic (exact) mass is 306 g/mol. The molecule has 106 valence electrons. The van der Waals surface area contributed by atoms with E-state index in [0.29, 0.717) is 5.02 Å². The van der Waals surface area contributed by atoms with Crippen molar-refractivity contribution in [1.29, 1.82) is 0 Å². The lowest BCUT2D eigenvalue weighted by atomic mass is 10.1. The van der Waals surface area contributed by atoms with Gasteiger partial charge in [0.2, 0.25) is 0 Å². The first-order chi connectivity index (χ1) is 10.7. The lowest BCUT2D eigenvalue weighted by Crippen LogP contribution is -2.09. The van der Waals surface area contributed by atoms with E-state index in [2.05, 4.69) is 4.98 Å². The van der Waals surface area contributed by atoms with Gasteiger partial charge in [-0.2, -0.15) is 0 Å². The standard InChI is InChI=1S/C18H11ClN2O/c19-12-5-7-13(8-6-12)21-17-4-2-1-3-15(17)20-16-10-9-14(22)11-18(16)21/h1-11H. The van der Waals surface area contributed by atoms with Gasteiger partial charge in [0.25, 0.3) is 0 Å². The van der Waals surface area contributed by atoms with Gasteiger partial charge in [-0.25, -0.2) is 4.98 Å². The number of para-hydroxylation sites is 2. The van der Waals surface area contributed by atoms with Crippen molar-refractivity contribution in [1.82, 2.24) is 9.55 Å². The average Bonchev–Trinajstić information content (AvgIpc) is 2.54. The Morgan fingerprint density at radius 2 is 1.68 bits per heavy atom. The Hall–Kier alpha value is -2.65. The van der Waals surface area contributed by atoms with Crippen LogP contribution < -0.4 is 5.43 Å². The summed E-state index contributed by atoms with van der Waals surface area (Å²) < 4.78 is 2.04. The Morgan fingerprint density at radius 1 is 0.909 bits per heavy atom. The van der Waals surface area contributed by atoms with Crippen LogP contribution in [0.25, 0.3) is 28.1 Å². The minimum atomic E-state index is -0.0349. The van der Waals surface area contributed by atoms with E-state index < -0.39 is 0 Å². The van der Waals surface area contributed by atoms with E-state index in [1.807, 2.05) is 53.1 Å². The maximum atomic E-state index is 11.8. The quantitative estimate of drug-likeness (QED) is 0.495. The summed E-state index contributed by atoms with van der Waals surface area (Å²) in [6.45, 7) is 0. The third kappa shape index (κ3) is 2.07. The Labute approximate surface area is 131 Å². The number of rotatable bonds is 1. The molecule has 0 aromatic heterocycles. The molecular formula is C18H11ClN2O. The normalized spacial score (nSPS) is 11.1. The van der Waals surface area contributed by atoms with E-state index in [9.17, 15) is 4.79 Å². The van der Waals surface area contributed by atoms with Crippen molar-refractivity contribution in [2.24, 2.45) is 0 Å². The summed E-state index contributed by atoms with van der Waals surface area (Å²) in [4.78, 5) is 16.4. The van der Waals surface area contributed by atoms with Crippen LogP contribution in [0, 0.1) is 0 Å². The van der Waals surface area contributed by atoms with Crippen molar-refractivity contribution in [3.05, 3.63) is 82.0 Å². The molecule has 1 heterocycles. The maximum Gasteiger partial charge on any atom is 0.180 e. The van der Waals surface area contributed by atoms with Crippen LogP contribution in [0.5, 0.6) is 0 Å². The van der Waals surface area contributed by atoms with Gasteiger partial charge in [0.05, 0.1) is 22.4 Å². The fraction of sp³-hybridized carbons (Fsp3) is 0. The van der Waals surface area contributed by atoms with Gasteiger partial charge in [0.15, 0.2) is 5.43 Å². The van der Waals surface area contributed by atoms with Crippen molar-refractivity contribution in [3.8, 4) is 17.1 Å². The van der Waals surface area contributed by atoms with Crippen LogP contribution in [0.2, 0.25) is 5.02 Å². The van der Waals surface area contributed by atoms with E-state index >= 15 is 0 Å². The first-order valence-corrected chi connectivity index (χ1v) is 7.28. The molecule has 1 aliphatic carbocycles. The van der Waals surface area contributed by atoms with Crippen LogP contribution in [-0.4, -0.2) is 9.55 Å². The van der Waals surface area contributed by atoms with Gasteiger partial charge in [-0.3, -0.25) is 4.79 Å². The smallest absolute Gasteiger partial charge is 0.180 e. The van der Waals surface area contributed by atoms with Crippen molar-refractivity contribution in [3.63, 3.8) is 0 Å². The van der Waals surface area contributed by atoms with Gasteiger partial charge >= 0.3 is 0 Å². The van der Waals surface area contributed by atoms with Crippen LogP contribution >= 0.6 is 11.6 Å². The van der Waals surface area contributed by atoms with E-state index in [4.69, 9.17) is 11.6 Å². The van der Waals surface area contributed by atoms with Gasteiger partial charge in [0.1, 0.15) is 0 Å². The zero-order chi connectivity index (χ0) is 15.1. The summed E-state index contributed by atoms with van der Waals surface area (Å²) in [6.07, 6.45) is 0. The van der Waals surface area contributed by atoms with Crippen molar-refractivity contribution in [2.75, 3.05) is 0 Å². The molecule has 0 radical (unpaired) electrons. The van der Waals surface area contributed by atoms with Crippen LogP contribution in [0.15, 0.2) is 71.5 Å². The Kier molecular flexibility index (Phi) is 2.94. The minimum absolute atomic E-state index is 0.0349. The first kappa shape index (κ1) is 13.0. The molecular weight excluding hydrogens is 296 g/mol. The second-order valence-corrected chi connectivity index (χ2v) is 5.50. The van der Waals surface area contributed by atoms with Crippen molar-refractivity contribution < 1.29 is 0 Å². The van der Waals surface area contributed by atoms with Gasteiger partial charge in [-0.15, -0.1) is 0 Å². The average molecular weight is 307 g/mol. The number of fused-ring (bicyclic) bond motifs is 2. The molecule has 0 saturated carbocycles. The first-order valence-electron chi connectivity index (χ1n) is 6.90. The largest absolute Gasteiger partial charge is 0.306 e. The zero-order valence-corrected chi connectivity index (χ0v) is 12.3. The SMILES string of the molecule is O=c1ccc2nc3ccccc3n(-c3ccc(Cl)cc3)c-2c1. The predicted molar refractivity (Wildman–Crippen MR) is 89.0 cm³/mol. The second-order valence-electron chi connectivity index (χ2n) is 5.06. The van der Waals surface area contributed by atoms with Gasteiger partial charge in [-0.1, -0.05) is 23.7 Å². The molecule has 0 amide bonds. The lowest BCUT2D eigenvalue weighted by molar-refractivity contribution is 1.08. The predicted octanol–water partition coefficient (Wildman–Crippen LogP) is 4.14. The molecule has 0 fully saturated rings. The molecule has 22 heavy (non-hydrogen) atoms.